The molecule has 0 aliphatic carbocycles. The zero-order valence-electron chi connectivity index (χ0n) is 17.5. The lowest BCUT2D eigenvalue weighted by Gasteiger charge is -2.20. The van der Waals surface area contributed by atoms with E-state index in [4.69, 9.17) is 21.1 Å². The van der Waals surface area contributed by atoms with E-state index >= 15 is 0 Å². The van der Waals surface area contributed by atoms with Crippen molar-refractivity contribution in [2.24, 2.45) is 5.92 Å². The molecule has 6 nitrogen and oxygen atoms in total. The zero-order valence-corrected chi connectivity index (χ0v) is 18.2. The molecule has 0 radical (unpaired) electrons. The molecule has 1 aliphatic rings. The molecule has 7 heteroatoms. The molecule has 0 saturated carbocycles. The molecule has 160 valence electrons. The maximum absolute atomic E-state index is 12.8. The highest BCUT2D eigenvalue weighted by atomic mass is 35.5. The highest BCUT2D eigenvalue weighted by molar-refractivity contribution is 6.33. The quantitative estimate of drug-likeness (QED) is 0.675. The summed E-state index contributed by atoms with van der Waals surface area (Å²) in [4.78, 5) is 26.9. The van der Waals surface area contributed by atoms with E-state index in [1.165, 1.54) is 0 Å². The fourth-order valence-corrected chi connectivity index (χ4v) is 3.78. The van der Waals surface area contributed by atoms with Gasteiger partial charge in [-0.15, -0.1) is 0 Å². The Kier molecular flexibility index (Phi) is 7.21. The summed E-state index contributed by atoms with van der Waals surface area (Å²) in [6, 6.07) is 12.6. The van der Waals surface area contributed by atoms with E-state index in [1.54, 1.807) is 17.0 Å². The monoisotopic (exact) mass is 430 g/mol. The molecule has 2 aromatic carbocycles. The minimum absolute atomic E-state index is 0.101. The van der Waals surface area contributed by atoms with E-state index in [-0.39, 0.29) is 24.3 Å². The SMILES string of the molecule is CCOc1ccc(C(C)NC(=O)C2CC(=O)N(c3ccccc3Cl)C2)cc1OCC. The Morgan fingerprint density at radius 3 is 2.57 bits per heavy atom. The Hall–Kier alpha value is -2.73. The Morgan fingerprint density at radius 2 is 1.87 bits per heavy atom. The highest BCUT2D eigenvalue weighted by Gasteiger charge is 2.36. The first-order chi connectivity index (χ1) is 14.4. The average molecular weight is 431 g/mol. The summed E-state index contributed by atoms with van der Waals surface area (Å²) >= 11 is 6.22. The van der Waals surface area contributed by atoms with Crippen LogP contribution in [-0.4, -0.2) is 31.6 Å². The standard InChI is InChI=1S/C23H27ClN2O4/c1-4-29-20-11-10-16(12-21(20)30-5-2)15(3)25-23(28)17-13-22(27)26(14-17)19-9-7-6-8-18(19)24/h6-12,15,17H,4-5,13-14H2,1-3H3,(H,25,28). The van der Waals surface area contributed by atoms with E-state index in [1.807, 2.05) is 51.1 Å². The number of para-hydroxylation sites is 1. The van der Waals surface area contributed by atoms with Crippen molar-refractivity contribution in [3.63, 3.8) is 0 Å². The average Bonchev–Trinajstić information content (AvgIpc) is 3.11. The number of nitrogens with one attached hydrogen (secondary N) is 1. The van der Waals surface area contributed by atoms with Crippen molar-refractivity contribution in [2.75, 3.05) is 24.7 Å². The van der Waals surface area contributed by atoms with Gasteiger partial charge in [0.25, 0.3) is 0 Å². The van der Waals surface area contributed by atoms with Crippen molar-refractivity contribution < 1.29 is 19.1 Å². The van der Waals surface area contributed by atoms with Gasteiger partial charge in [-0.3, -0.25) is 9.59 Å². The van der Waals surface area contributed by atoms with Crippen LogP contribution >= 0.6 is 11.6 Å². The lowest BCUT2D eigenvalue weighted by molar-refractivity contribution is -0.126. The number of ether oxygens (including phenoxy) is 2. The number of nitrogens with zero attached hydrogens (tertiary/aromatic N) is 1. The van der Waals surface area contributed by atoms with Gasteiger partial charge in [-0.05, 0) is 50.6 Å². The zero-order chi connectivity index (χ0) is 21.7. The van der Waals surface area contributed by atoms with Crippen LogP contribution in [0.5, 0.6) is 11.5 Å². The molecule has 2 amide bonds. The molecular weight excluding hydrogens is 404 g/mol. The summed E-state index contributed by atoms with van der Waals surface area (Å²) in [7, 11) is 0. The Morgan fingerprint density at radius 1 is 1.17 bits per heavy atom. The molecule has 1 heterocycles. The summed E-state index contributed by atoms with van der Waals surface area (Å²) < 4.78 is 11.3. The number of amides is 2. The second-order valence-corrected chi connectivity index (χ2v) is 7.57. The first-order valence-corrected chi connectivity index (χ1v) is 10.6. The summed E-state index contributed by atoms with van der Waals surface area (Å²) in [6.07, 6.45) is 0.164. The largest absolute Gasteiger partial charge is 0.490 e. The summed E-state index contributed by atoms with van der Waals surface area (Å²) in [5.41, 5.74) is 1.54. The number of benzene rings is 2. The van der Waals surface area contributed by atoms with Crippen LogP contribution < -0.4 is 19.7 Å². The third-order valence-electron chi connectivity index (χ3n) is 5.07. The molecule has 1 saturated heterocycles. The number of rotatable bonds is 8. The lowest BCUT2D eigenvalue weighted by Crippen LogP contribution is -2.34. The van der Waals surface area contributed by atoms with Crippen molar-refractivity contribution in [1.82, 2.24) is 5.32 Å². The van der Waals surface area contributed by atoms with Crippen molar-refractivity contribution in [3.8, 4) is 11.5 Å². The van der Waals surface area contributed by atoms with Crippen LogP contribution in [0.25, 0.3) is 0 Å². The lowest BCUT2D eigenvalue weighted by atomic mass is 10.0. The minimum Gasteiger partial charge on any atom is -0.490 e. The van der Waals surface area contributed by atoms with Crippen LogP contribution in [0, 0.1) is 5.92 Å². The topological polar surface area (TPSA) is 67.9 Å². The van der Waals surface area contributed by atoms with E-state index in [9.17, 15) is 9.59 Å². The van der Waals surface area contributed by atoms with Gasteiger partial charge in [0, 0.05) is 13.0 Å². The van der Waals surface area contributed by atoms with Crippen LogP contribution in [0.3, 0.4) is 0 Å². The molecule has 30 heavy (non-hydrogen) atoms. The third kappa shape index (κ3) is 4.87. The summed E-state index contributed by atoms with van der Waals surface area (Å²) in [5, 5.41) is 3.52. The first kappa shape index (κ1) is 22.0. The number of halogens is 1. The maximum Gasteiger partial charge on any atom is 0.227 e. The molecule has 3 rings (SSSR count). The molecule has 1 fully saturated rings. The Balaban J connectivity index is 1.68. The fourth-order valence-electron chi connectivity index (χ4n) is 3.54. The van der Waals surface area contributed by atoms with Gasteiger partial charge in [0.2, 0.25) is 11.8 Å². The van der Waals surface area contributed by atoms with Gasteiger partial charge in [-0.1, -0.05) is 29.8 Å². The molecule has 1 aliphatic heterocycles. The highest BCUT2D eigenvalue weighted by Crippen LogP contribution is 2.33. The number of hydrogen-bond donors (Lipinski definition) is 1. The second kappa shape index (κ2) is 9.85. The number of carbonyl (C=O) groups is 2. The predicted molar refractivity (Wildman–Crippen MR) is 117 cm³/mol. The van der Waals surface area contributed by atoms with Crippen molar-refractivity contribution in [2.45, 2.75) is 33.2 Å². The Labute approximate surface area is 182 Å². The molecule has 2 atom stereocenters. The minimum atomic E-state index is -0.426. The van der Waals surface area contributed by atoms with E-state index in [0.29, 0.717) is 42.0 Å². The van der Waals surface area contributed by atoms with Crippen LogP contribution in [0.15, 0.2) is 42.5 Å². The maximum atomic E-state index is 12.8. The molecule has 1 N–H and O–H groups in total. The summed E-state index contributed by atoms with van der Waals surface area (Å²) in [6.45, 7) is 7.12. The van der Waals surface area contributed by atoms with Gasteiger partial charge in [-0.2, -0.15) is 0 Å². The predicted octanol–water partition coefficient (Wildman–Crippen LogP) is 4.37. The van der Waals surface area contributed by atoms with Crippen molar-refractivity contribution in [3.05, 3.63) is 53.1 Å². The molecule has 0 aromatic heterocycles. The Bertz CT molecular complexity index is 918. The van der Waals surface area contributed by atoms with Crippen molar-refractivity contribution >= 4 is 29.1 Å². The number of anilines is 1. The van der Waals surface area contributed by atoms with Crippen LogP contribution in [0.1, 0.15) is 38.8 Å². The van der Waals surface area contributed by atoms with Gasteiger partial charge in [0.15, 0.2) is 11.5 Å². The third-order valence-corrected chi connectivity index (χ3v) is 5.38. The van der Waals surface area contributed by atoms with Gasteiger partial charge in [-0.25, -0.2) is 0 Å². The van der Waals surface area contributed by atoms with Gasteiger partial charge < -0.3 is 19.7 Å². The smallest absolute Gasteiger partial charge is 0.227 e. The van der Waals surface area contributed by atoms with Gasteiger partial charge >= 0.3 is 0 Å². The van der Waals surface area contributed by atoms with Crippen LogP contribution in [-0.2, 0) is 9.59 Å². The molecule has 2 unspecified atom stereocenters. The second-order valence-electron chi connectivity index (χ2n) is 7.16. The van der Waals surface area contributed by atoms with Gasteiger partial charge in [0.05, 0.1) is 35.9 Å². The fraction of sp³-hybridized carbons (Fsp3) is 0.391. The number of carbonyl (C=O) groups excluding carboxylic acids is 2. The molecule has 0 bridgehead atoms. The van der Waals surface area contributed by atoms with Crippen LogP contribution in [0.4, 0.5) is 5.69 Å². The van der Waals surface area contributed by atoms with Gasteiger partial charge in [0.1, 0.15) is 0 Å². The van der Waals surface area contributed by atoms with E-state index < -0.39 is 5.92 Å². The molecular formula is C23H27ClN2O4. The van der Waals surface area contributed by atoms with E-state index in [0.717, 1.165) is 5.56 Å². The van der Waals surface area contributed by atoms with Crippen LogP contribution in [0.2, 0.25) is 5.02 Å². The first-order valence-electron chi connectivity index (χ1n) is 10.2. The van der Waals surface area contributed by atoms with Crippen molar-refractivity contribution in [1.29, 1.82) is 0 Å². The number of hydrogen-bond acceptors (Lipinski definition) is 4. The van der Waals surface area contributed by atoms with E-state index in [2.05, 4.69) is 5.32 Å². The normalized spacial score (nSPS) is 17.0. The molecule has 2 aromatic rings. The summed E-state index contributed by atoms with van der Waals surface area (Å²) in [5.74, 6) is 0.649. The molecule has 0 spiro atoms.